The number of likely N-dealkylation sites (N-methyl/N-ethyl adjacent to an activating group) is 1. The van der Waals surface area contributed by atoms with Gasteiger partial charge in [0, 0.05) is 19.6 Å². The molecule has 1 heterocycles. The minimum absolute atomic E-state index is 0.00794. The van der Waals surface area contributed by atoms with Gasteiger partial charge in [-0.3, -0.25) is 4.79 Å². The van der Waals surface area contributed by atoms with Crippen molar-refractivity contribution in [2.75, 3.05) is 25.9 Å². The van der Waals surface area contributed by atoms with Crippen LogP contribution in [-0.4, -0.2) is 51.2 Å². The van der Waals surface area contributed by atoms with Crippen molar-refractivity contribution < 1.29 is 13.2 Å². The molecule has 1 fully saturated rings. The summed E-state index contributed by atoms with van der Waals surface area (Å²) in [6.45, 7) is 3.23. The second-order valence-corrected chi connectivity index (χ2v) is 7.21. The minimum Gasteiger partial charge on any atom is -0.337 e. The molecule has 1 aromatic rings. The van der Waals surface area contributed by atoms with E-state index in [1.165, 1.54) is 6.07 Å². The molecule has 0 bridgehead atoms. The highest BCUT2D eigenvalue weighted by Gasteiger charge is 2.27. The topological polar surface area (TPSA) is 66.5 Å². The van der Waals surface area contributed by atoms with Crippen molar-refractivity contribution in [2.45, 2.75) is 24.3 Å². The predicted molar refractivity (Wildman–Crippen MR) is 77.5 cm³/mol. The van der Waals surface area contributed by atoms with Gasteiger partial charge < -0.3 is 10.2 Å². The summed E-state index contributed by atoms with van der Waals surface area (Å²) in [6, 6.07) is 6.57. The Morgan fingerprint density at radius 3 is 2.70 bits per heavy atom. The third kappa shape index (κ3) is 2.86. The van der Waals surface area contributed by atoms with Crippen molar-refractivity contribution in [1.29, 1.82) is 0 Å². The first-order chi connectivity index (χ1) is 9.47. The molecule has 0 saturated carbocycles. The van der Waals surface area contributed by atoms with Crippen LogP contribution in [-0.2, 0) is 9.84 Å². The van der Waals surface area contributed by atoms with Gasteiger partial charge in [-0.1, -0.05) is 19.1 Å². The van der Waals surface area contributed by atoms with Gasteiger partial charge in [-0.25, -0.2) is 8.42 Å². The van der Waals surface area contributed by atoms with Gasteiger partial charge in [0.25, 0.3) is 5.91 Å². The van der Waals surface area contributed by atoms with E-state index in [9.17, 15) is 13.2 Å². The van der Waals surface area contributed by atoms with Crippen LogP contribution in [0.5, 0.6) is 0 Å². The number of sulfone groups is 1. The quantitative estimate of drug-likeness (QED) is 0.897. The van der Waals surface area contributed by atoms with Gasteiger partial charge in [0.2, 0.25) is 0 Å². The third-order valence-electron chi connectivity index (χ3n) is 3.73. The van der Waals surface area contributed by atoms with E-state index in [4.69, 9.17) is 0 Å². The predicted octanol–water partition coefficient (Wildman–Crippen LogP) is 0.914. The van der Waals surface area contributed by atoms with Gasteiger partial charge >= 0.3 is 0 Å². The summed E-state index contributed by atoms with van der Waals surface area (Å²) in [4.78, 5) is 14.3. The van der Waals surface area contributed by atoms with E-state index in [0.29, 0.717) is 0 Å². The summed E-state index contributed by atoms with van der Waals surface area (Å²) in [6.07, 6.45) is 0.894. The van der Waals surface area contributed by atoms with E-state index in [0.717, 1.165) is 19.5 Å². The molecule has 1 saturated heterocycles. The number of hydrogen-bond acceptors (Lipinski definition) is 4. The average molecular weight is 296 g/mol. The maximum Gasteiger partial charge on any atom is 0.255 e. The fraction of sp³-hybridized carbons (Fsp3) is 0.500. The van der Waals surface area contributed by atoms with Crippen molar-refractivity contribution in [1.82, 2.24) is 10.2 Å². The number of carbonyl (C=O) groups is 1. The molecule has 5 nitrogen and oxygen atoms in total. The summed E-state index contributed by atoms with van der Waals surface area (Å²) < 4.78 is 24.2. The lowest BCUT2D eigenvalue weighted by atomic mass is 10.1. The summed E-state index contributed by atoms with van der Waals surface area (Å²) >= 11 is 0. The molecule has 1 aliphatic heterocycles. The van der Waals surface area contributed by atoms with Crippen molar-refractivity contribution in [3.63, 3.8) is 0 Å². The number of nitrogens with one attached hydrogen (secondary N) is 1. The Kier molecular flexibility index (Phi) is 4.45. The van der Waals surface area contributed by atoms with Crippen molar-refractivity contribution in [3.05, 3.63) is 29.8 Å². The Balaban J connectivity index is 2.35. The van der Waals surface area contributed by atoms with Crippen molar-refractivity contribution >= 4 is 15.7 Å². The smallest absolute Gasteiger partial charge is 0.255 e. The molecule has 0 aliphatic carbocycles. The van der Waals surface area contributed by atoms with E-state index in [2.05, 4.69) is 5.32 Å². The lowest BCUT2D eigenvalue weighted by Crippen LogP contribution is -2.38. The maximum absolute atomic E-state index is 12.5. The Morgan fingerprint density at radius 2 is 2.10 bits per heavy atom. The van der Waals surface area contributed by atoms with Crippen LogP contribution in [0.25, 0.3) is 0 Å². The first kappa shape index (κ1) is 15.0. The van der Waals surface area contributed by atoms with Gasteiger partial charge in [-0.2, -0.15) is 0 Å². The summed E-state index contributed by atoms with van der Waals surface area (Å²) in [5.74, 6) is -0.238. The van der Waals surface area contributed by atoms with Crippen LogP contribution in [0.1, 0.15) is 23.7 Å². The van der Waals surface area contributed by atoms with E-state index >= 15 is 0 Å². The Bertz CT molecular complexity index is 592. The molecule has 110 valence electrons. The van der Waals surface area contributed by atoms with Gasteiger partial charge in [-0.15, -0.1) is 0 Å². The van der Waals surface area contributed by atoms with E-state index in [1.54, 1.807) is 37.1 Å². The van der Waals surface area contributed by atoms with Crippen LogP contribution < -0.4 is 5.32 Å². The van der Waals surface area contributed by atoms with Gasteiger partial charge in [0.1, 0.15) is 0 Å². The number of benzene rings is 1. The highest BCUT2D eigenvalue weighted by molar-refractivity contribution is 7.91. The van der Waals surface area contributed by atoms with Crippen LogP contribution in [0.4, 0.5) is 0 Å². The van der Waals surface area contributed by atoms with E-state index < -0.39 is 9.84 Å². The van der Waals surface area contributed by atoms with Gasteiger partial charge in [0.15, 0.2) is 9.84 Å². The molecule has 1 N–H and O–H groups in total. The molecule has 0 aromatic heterocycles. The highest BCUT2D eigenvalue weighted by atomic mass is 32.2. The summed E-state index contributed by atoms with van der Waals surface area (Å²) in [5.41, 5.74) is 0.267. The molecule has 1 aliphatic rings. The Morgan fingerprint density at radius 1 is 1.40 bits per heavy atom. The second kappa shape index (κ2) is 5.93. The van der Waals surface area contributed by atoms with Gasteiger partial charge in [-0.05, 0) is 25.1 Å². The second-order valence-electron chi connectivity index (χ2n) is 4.96. The van der Waals surface area contributed by atoms with Crippen LogP contribution in [0, 0.1) is 0 Å². The molecule has 0 radical (unpaired) electrons. The highest BCUT2D eigenvalue weighted by Crippen LogP contribution is 2.20. The molecule has 1 unspecified atom stereocenters. The zero-order valence-corrected chi connectivity index (χ0v) is 12.6. The van der Waals surface area contributed by atoms with Crippen molar-refractivity contribution in [2.24, 2.45) is 0 Å². The van der Waals surface area contributed by atoms with Crippen LogP contribution >= 0.6 is 0 Å². The molecule has 6 heteroatoms. The minimum atomic E-state index is -3.39. The van der Waals surface area contributed by atoms with Crippen LogP contribution in [0.3, 0.4) is 0 Å². The lowest BCUT2D eigenvalue weighted by molar-refractivity contribution is 0.0740. The zero-order chi connectivity index (χ0) is 14.8. The SMILES string of the molecule is CCS(=O)(=O)c1ccccc1C(=O)N(C)C1CCNC1. The molecule has 0 spiro atoms. The average Bonchev–Trinajstić information content (AvgIpc) is 3.00. The van der Waals surface area contributed by atoms with E-state index in [1.807, 2.05) is 0 Å². The standard InChI is InChI=1S/C14H20N2O3S/c1-3-20(18,19)13-7-5-4-6-12(13)14(17)16(2)11-8-9-15-10-11/h4-7,11,15H,3,8-10H2,1-2H3. The third-order valence-corrected chi connectivity index (χ3v) is 5.52. The molecule has 2 rings (SSSR count). The molecule has 1 atom stereocenters. The molecule has 1 amide bonds. The Labute approximate surface area is 119 Å². The van der Waals surface area contributed by atoms with E-state index in [-0.39, 0.29) is 28.2 Å². The largest absolute Gasteiger partial charge is 0.337 e. The number of nitrogens with zero attached hydrogens (tertiary/aromatic N) is 1. The molecule has 1 aromatic carbocycles. The number of amides is 1. The van der Waals surface area contributed by atoms with Crippen molar-refractivity contribution in [3.8, 4) is 0 Å². The summed E-state index contributed by atoms with van der Waals surface area (Å²) in [7, 11) is -1.66. The fourth-order valence-electron chi connectivity index (χ4n) is 2.40. The maximum atomic E-state index is 12.5. The van der Waals surface area contributed by atoms with Crippen LogP contribution in [0.15, 0.2) is 29.2 Å². The first-order valence-corrected chi connectivity index (χ1v) is 8.42. The Hall–Kier alpha value is -1.40. The number of carbonyl (C=O) groups excluding carboxylic acids is 1. The fourth-order valence-corrected chi connectivity index (χ4v) is 3.48. The molecular weight excluding hydrogens is 276 g/mol. The van der Waals surface area contributed by atoms with Crippen LogP contribution in [0.2, 0.25) is 0 Å². The number of rotatable bonds is 4. The monoisotopic (exact) mass is 296 g/mol. The number of hydrogen-bond donors (Lipinski definition) is 1. The van der Waals surface area contributed by atoms with Gasteiger partial charge in [0.05, 0.1) is 16.2 Å². The first-order valence-electron chi connectivity index (χ1n) is 6.77. The summed E-state index contributed by atoms with van der Waals surface area (Å²) in [5, 5.41) is 3.20. The zero-order valence-electron chi connectivity index (χ0n) is 11.8. The normalized spacial score (nSPS) is 19.0. The lowest BCUT2D eigenvalue weighted by Gasteiger charge is -2.24. The molecule has 20 heavy (non-hydrogen) atoms. The molecular formula is C14H20N2O3S.